The van der Waals surface area contributed by atoms with E-state index in [0.29, 0.717) is 6.04 Å². The van der Waals surface area contributed by atoms with Crippen molar-refractivity contribution in [2.24, 2.45) is 7.05 Å². The van der Waals surface area contributed by atoms with Crippen molar-refractivity contribution in [1.82, 2.24) is 14.9 Å². The van der Waals surface area contributed by atoms with Crippen LogP contribution in [0.4, 0.5) is 0 Å². The molecule has 4 heteroatoms. The number of nitrogens with zero attached hydrogens (tertiary/aromatic N) is 2. The van der Waals surface area contributed by atoms with Gasteiger partial charge in [0.05, 0.1) is 23.7 Å². The van der Waals surface area contributed by atoms with Crippen LogP contribution in [0.2, 0.25) is 0 Å². The number of aryl methyl sites for hydroxylation is 1. The van der Waals surface area contributed by atoms with Gasteiger partial charge >= 0.3 is 0 Å². The van der Waals surface area contributed by atoms with Crippen molar-refractivity contribution < 1.29 is 4.74 Å². The van der Waals surface area contributed by atoms with Crippen LogP contribution in [0, 0.1) is 0 Å². The molecular formula is C19H21N3O. The van der Waals surface area contributed by atoms with Crippen LogP contribution < -0.4 is 5.32 Å². The summed E-state index contributed by atoms with van der Waals surface area (Å²) < 4.78 is 8.10. The highest BCUT2D eigenvalue weighted by molar-refractivity contribution is 5.75. The largest absolute Gasteiger partial charge is 0.372 e. The Kier molecular flexibility index (Phi) is 3.85. The fourth-order valence-corrected chi connectivity index (χ4v) is 3.35. The van der Waals surface area contributed by atoms with Gasteiger partial charge in [0, 0.05) is 19.7 Å². The van der Waals surface area contributed by atoms with Crippen molar-refractivity contribution in [3.63, 3.8) is 0 Å². The zero-order valence-corrected chi connectivity index (χ0v) is 13.3. The van der Waals surface area contributed by atoms with Gasteiger partial charge < -0.3 is 14.6 Å². The molecule has 0 bridgehead atoms. The maximum absolute atomic E-state index is 5.94. The van der Waals surface area contributed by atoms with Crippen LogP contribution in [0.15, 0.2) is 54.6 Å². The Bertz CT molecular complexity index is 797. The van der Waals surface area contributed by atoms with E-state index in [1.54, 1.807) is 0 Å². The first-order valence-corrected chi connectivity index (χ1v) is 8.13. The van der Waals surface area contributed by atoms with Gasteiger partial charge in [-0.3, -0.25) is 0 Å². The number of imidazole rings is 1. The predicted octanol–water partition coefficient (Wildman–Crippen LogP) is 3.19. The fraction of sp³-hybridized carbons (Fsp3) is 0.316. The molecule has 1 aliphatic heterocycles. The molecule has 3 aromatic rings. The Morgan fingerprint density at radius 2 is 1.91 bits per heavy atom. The van der Waals surface area contributed by atoms with Crippen LogP contribution in [-0.2, 0) is 18.3 Å². The number of aromatic nitrogens is 2. The molecule has 0 radical (unpaired) electrons. The molecule has 118 valence electrons. The molecule has 4 nitrogen and oxygen atoms in total. The van der Waals surface area contributed by atoms with Crippen molar-refractivity contribution in [1.29, 1.82) is 0 Å². The summed E-state index contributed by atoms with van der Waals surface area (Å²) in [6, 6.07) is 19.0. The number of para-hydroxylation sites is 2. The van der Waals surface area contributed by atoms with Gasteiger partial charge in [-0.15, -0.1) is 0 Å². The van der Waals surface area contributed by atoms with E-state index in [2.05, 4.69) is 59.4 Å². The molecule has 1 aliphatic rings. The lowest BCUT2D eigenvalue weighted by Crippen LogP contribution is -2.32. The molecule has 0 spiro atoms. The van der Waals surface area contributed by atoms with Gasteiger partial charge in [-0.05, 0) is 24.1 Å². The molecule has 1 saturated heterocycles. The molecule has 23 heavy (non-hydrogen) atoms. The summed E-state index contributed by atoms with van der Waals surface area (Å²) in [6.07, 6.45) is 1.16. The fourth-order valence-electron chi connectivity index (χ4n) is 3.35. The predicted molar refractivity (Wildman–Crippen MR) is 91.1 cm³/mol. The van der Waals surface area contributed by atoms with Gasteiger partial charge in [0.2, 0.25) is 0 Å². The van der Waals surface area contributed by atoms with Gasteiger partial charge in [-0.1, -0.05) is 42.5 Å². The normalized spacial score (nSPS) is 21.1. The van der Waals surface area contributed by atoms with Crippen molar-refractivity contribution in [2.45, 2.75) is 25.1 Å². The Labute approximate surface area is 136 Å². The molecule has 0 amide bonds. The van der Waals surface area contributed by atoms with Gasteiger partial charge in [0.25, 0.3) is 0 Å². The maximum Gasteiger partial charge on any atom is 0.123 e. The van der Waals surface area contributed by atoms with Crippen LogP contribution in [0.1, 0.15) is 23.9 Å². The van der Waals surface area contributed by atoms with Crippen LogP contribution in [0.5, 0.6) is 0 Å². The lowest BCUT2D eigenvalue weighted by Gasteiger charge is -2.20. The van der Waals surface area contributed by atoms with Crippen LogP contribution in [0.25, 0.3) is 11.0 Å². The zero-order valence-electron chi connectivity index (χ0n) is 13.3. The van der Waals surface area contributed by atoms with E-state index >= 15 is 0 Å². The van der Waals surface area contributed by atoms with E-state index in [-0.39, 0.29) is 6.10 Å². The summed E-state index contributed by atoms with van der Waals surface area (Å²) in [5.41, 5.74) is 3.47. The summed E-state index contributed by atoms with van der Waals surface area (Å²) in [4.78, 5) is 4.73. The Hall–Kier alpha value is -2.17. The Balaban J connectivity index is 1.50. The van der Waals surface area contributed by atoms with Crippen LogP contribution in [-0.4, -0.2) is 22.2 Å². The minimum atomic E-state index is 0.130. The van der Waals surface area contributed by atoms with Crippen molar-refractivity contribution >= 4 is 11.0 Å². The summed E-state index contributed by atoms with van der Waals surface area (Å²) in [5, 5.41) is 3.64. The molecule has 4 rings (SSSR count). The second-order valence-corrected chi connectivity index (χ2v) is 6.05. The average Bonchev–Trinajstić information content (AvgIpc) is 3.19. The average molecular weight is 307 g/mol. The minimum absolute atomic E-state index is 0.130. The molecule has 0 saturated carbocycles. The first-order chi connectivity index (χ1) is 11.3. The van der Waals surface area contributed by atoms with Crippen LogP contribution in [0.3, 0.4) is 0 Å². The van der Waals surface area contributed by atoms with Gasteiger partial charge in [-0.25, -0.2) is 4.98 Å². The third-order valence-corrected chi connectivity index (χ3v) is 4.62. The van der Waals surface area contributed by atoms with Crippen LogP contribution >= 0.6 is 0 Å². The highest BCUT2D eigenvalue weighted by atomic mass is 16.5. The van der Waals surface area contributed by atoms with E-state index in [4.69, 9.17) is 9.72 Å². The molecule has 0 aliphatic carbocycles. The summed E-state index contributed by atoms with van der Waals surface area (Å²) in [6.45, 7) is 1.56. The van der Waals surface area contributed by atoms with Gasteiger partial charge in [0.1, 0.15) is 5.82 Å². The zero-order chi connectivity index (χ0) is 15.6. The molecule has 2 atom stereocenters. The van der Waals surface area contributed by atoms with Gasteiger partial charge in [0.15, 0.2) is 0 Å². The summed E-state index contributed by atoms with van der Waals surface area (Å²) in [5.74, 6) is 1.06. The Morgan fingerprint density at radius 3 is 2.74 bits per heavy atom. The molecule has 1 aromatic heterocycles. The minimum Gasteiger partial charge on any atom is -0.372 e. The molecule has 1 fully saturated rings. The first-order valence-electron chi connectivity index (χ1n) is 8.13. The van der Waals surface area contributed by atoms with E-state index in [9.17, 15) is 0 Å². The third-order valence-electron chi connectivity index (χ3n) is 4.62. The number of benzene rings is 2. The summed E-state index contributed by atoms with van der Waals surface area (Å²) >= 11 is 0. The lowest BCUT2D eigenvalue weighted by atomic mass is 10.0. The highest BCUT2D eigenvalue weighted by Crippen LogP contribution is 2.29. The Morgan fingerprint density at radius 1 is 1.13 bits per heavy atom. The smallest absolute Gasteiger partial charge is 0.123 e. The third kappa shape index (κ3) is 2.76. The monoisotopic (exact) mass is 307 g/mol. The molecular weight excluding hydrogens is 286 g/mol. The number of rotatable bonds is 4. The first kappa shape index (κ1) is 14.4. The number of fused-ring (bicyclic) bond motifs is 1. The molecule has 2 aromatic carbocycles. The number of hydrogen-bond acceptors (Lipinski definition) is 3. The van der Waals surface area contributed by atoms with E-state index < -0.39 is 0 Å². The van der Waals surface area contributed by atoms with Crippen molar-refractivity contribution in [2.75, 3.05) is 6.61 Å². The molecule has 1 N–H and O–H groups in total. The maximum atomic E-state index is 5.94. The number of hydrogen-bond donors (Lipinski definition) is 1. The van der Waals surface area contributed by atoms with Gasteiger partial charge in [-0.2, -0.15) is 0 Å². The number of nitrogens with one attached hydrogen (secondary N) is 1. The van der Waals surface area contributed by atoms with Crippen molar-refractivity contribution in [3.8, 4) is 0 Å². The van der Waals surface area contributed by atoms with Crippen molar-refractivity contribution in [3.05, 3.63) is 66.0 Å². The SMILES string of the molecule is Cn1c(CNC2CCOC2c2ccccc2)nc2ccccc21. The quantitative estimate of drug-likeness (QED) is 0.804. The molecule has 2 heterocycles. The standard InChI is InChI=1S/C19H21N3O/c1-22-17-10-6-5-9-15(17)21-18(22)13-20-16-11-12-23-19(16)14-7-3-2-4-8-14/h2-10,16,19-20H,11-13H2,1H3. The van der Waals surface area contributed by atoms with E-state index in [1.807, 2.05) is 12.1 Å². The number of ether oxygens (including phenoxy) is 1. The van der Waals surface area contributed by atoms with E-state index in [1.165, 1.54) is 11.1 Å². The van der Waals surface area contributed by atoms with E-state index in [0.717, 1.165) is 30.9 Å². The highest BCUT2D eigenvalue weighted by Gasteiger charge is 2.29. The summed E-state index contributed by atoms with van der Waals surface area (Å²) in [7, 11) is 2.08. The topological polar surface area (TPSA) is 39.1 Å². The second kappa shape index (κ2) is 6.14. The molecule has 2 unspecified atom stereocenters. The lowest BCUT2D eigenvalue weighted by molar-refractivity contribution is 0.0983. The second-order valence-electron chi connectivity index (χ2n) is 6.05.